The molecule has 0 saturated carbocycles. The van der Waals surface area contributed by atoms with Gasteiger partial charge in [-0.25, -0.2) is 0 Å². The van der Waals surface area contributed by atoms with Crippen molar-refractivity contribution in [1.82, 2.24) is 5.32 Å². The molecule has 2 aromatic rings. The van der Waals surface area contributed by atoms with E-state index >= 15 is 0 Å². The van der Waals surface area contributed by atoms with Gasteiger partial charge < -0.3 is 21.7 Å². The Labute approximate surface area is 191 Å². The van der Waals surface area contributed by atoms with Crippen LogP contribution in [0, 0.1) is 13.1 Å². The summed E-state index contributed by atoms with van der Waals surface area (Å²) >= 11 is 0. The molecular formula is C20H25NO2WY-2. The standard InChI is InChI=1S/C20H25NO2.W.Y/c1-3-16-6-8-17(9-7-16)5-4-14-21-15-20(22)18-10-12-19(23-2)13-11-18;;/h6-15,20-22H,3-5H2,1-2H3;;/q-2;;. The molecular weight excluding hydrogens is 559 g/mol. The zero-order valence-electron chi connectivity index (χ0n) is 14.8. The Bertz CT molecular complexity index is 575. The van der Waals surface area contributed by atoms with Crippen molar-refractivity contribution < 1.29 is 63.6 Å². The fourth-order valence-electron chi connectivity index (χ4n) is 2.32. The molecule has 0 heterocycles. The number of aliphatic hydroxyl groups is 1. The molecule has 1 radical (unpaired) electrons. The van der Waals surface area contributed by atoms with Crippen LogP contribution in [0.25, 0.3) is 0 Å². The van der Waals surface area contributed by atoms with Crippen LogP contribution < -0.4 is 10.1 Å². The summed E-state index contributed by atoms with van der Waals surface area (Å²) < 4.78 is 5.10. The third kappa shape index (κ3) is 8.93. The van der Waals surface area contributed by atoms with E-state index in [1.807, 2.05) is 30.8 Å². The van der Waals surface area contributed by atoms with E-state index in [4.69, 9.17) is 4.74 Å². The molecule has 0 amide bonds. The first-order chi connectivity index (χ1) is 11.2. The first-order valence-electron chi connectivity index (χ1n) is 8.04. The maximum absolute atomic E-state index is 10.1. The Hall–Kier alpha value is -0.0478. The van der Waals surface area contributed by atoms with Crippen LogP contribution in [0.15, 0.2) is 48.5 Å². The second-order valence-electron chi connectivity index (χ2n) is 5.46. The molecule has 0 bridgehead atoms. The van der Waals surface area contributed by atoms with Crippen molar-refractivity contribution in [2.45, 2.75) is 32.3 Å². The van der Waals surface area contributed by atoms with Gasteiger partial charge in [0.05, 0.1) is 7.11 Å². The second kappa shape index (κ2) is 14.1. The molecule has 0 aromatic heterocycles. The van der Waals surface area contributed by atoms with Crippen LogP contribution in [0.5, 0.6) is 5.75 Å². The molecule has 1 unspecified atom stereocenters. The summed E-state index contributed by atoms with van der Waals surface area (Å²) in [5.74, 6) is 0.787. The van der Waals surface area contributed by atoms with Crippen molar-refractivity contribution in [3.05, 3.63) is 78.3 Å². The largest absolute Gasteiger partial charge is 0.616 e. The number of ether oxygens (including phenoxy) is 1. The number of hydrogen-bond acceptors (Lipinski definition) is 3. The maximum Gasteiger partial charge on any atom is 0.118 e. The molecule has 5 heteroatoms. The SMILES string of the molecule is CCc1ccc(CC[CH-]N[CH-]C(O)c2ccc(OC)cc2)cc1.[W].[Y]. The average Bonchev–Trinajstić information content (AvgIpc) is 2.62. The van der Waals surface area contributed by atoms with E-state index in [9.17, 15) is 5.11 Å². The summed E-state index contributed by atoms with van der Waals surface area (Å²) in [5, 5.41) is 13.2. The third-order valence-electron chi connectivity index (χ3n) is 3.84. The van der Waals surface area contributed by atoms with Crippen molar-refractivity contribution in [1.29, 1.82) is 0 Å². The van der Waals surface area contributed by atoms with Crippen molar-refractivity contribution in [2.75, 3.05) is 7.11 Å². The van der Waals surface area contributed by atoms with Gasteiger partial charge in [-0.3, -0.25) is 6.54 Å². The van der Waals surface area contributed by atoms with E-state index in [0.717, 1.165) is 30.6 Å². The number of nitrogens with one attached hydrogen (secondary N) is 1. The third-order valence-corrected chi connectivity index (χ3v) is 3.84. The monoisotopic (exact) mass is 584 g/mol. The Morgan fingerprint density at radius 2 is 1.64 bits per heavy atom. The minimum absolute atomic E-state index is 0. The van der Waals surface area contributed by atoms with Crippen molar-refractivity contribution in [3.8, 4) is 5.75 Å². The Kier molecular flexibility index (Phi) is 14.0. The van der Waals surface area contributed by atoms with Crippen molar-refractivity contribution in [2.24, 2.45) is 0 Å². The van der Waals surface area contributed by atoms with E-state index in [-0.39, 0.29) is 53.8 Å². The normalized spacial score (nSPS) is 11.2. The maximum atomic E-state index is 10.1. The smallest absolute Gasteiger partial charge is 0.118 e. The number of hydrogen-bond donors (Lipinski definition) is 2. The minimum Gasteiger partial charge on any atom is -0.616 e. The zero-order chi connectivity index (χ0) is 16.5. The van der Waals surface area contributed by atoms with E-state index < -0.39 is 6.10 Å². The van der Waals surface area contributed by atoms with Crippen molar-refractivity contribution in [3.63, 3.8) is 0 Å². The van der Waals surface area contributed by atoms with Gasteiger partial charge in [0.2, 0.25) is 0 Å². The Morgan fingerprint density at radius 1 is 1.04 bits per heavy atom. The van der Waals surface area contributed by atoms with Crippen molar-refractivity contribution >= 4 is 0 Å². The van der Waals surface area contributed by atoms with Crippen LogP contribution in [-0.4, -0.2) is 12.2 Å². The van der Waals surface area contributed by atoms with Gasteiger partial charge in [-0.05, 0) is 35.8 Å². The number of aryl methyl sites for hydroxylation is 2. The van der Waals surface area contributed by atoms with Crippen LogP contribution >= 0.6 is 0 Å². The Morgan fingerprint density at radius 3 is 2.20 bits per heavy atom. The summed E-state index contributed by atoms with van der Waals surface area (Å²) in [6.07, 6.45) is 2.34. The van der Waals surface area contributed by atoms with Gasteiger partial charge in [0, 0.05) is 53.8 Å². The Balaban J connectivity index is 0.00000288. The number of aliphatic hydroxyl groups excluding tert-OH is 1. The molecule has 0 aliphatic carbocycles. The summed E-state index contributed by atoms with van der Waals surface area (Å²) in [6.45, 7) is 5.82. The molecule has 0 fully saturated rings. The van der Waals surface area contributed by atoms with Gasteiger partial charge in [0.25, 0.3) is 0 Å². The average molecular weight is 584 g/mol. The molecule has 0 spiro atoms. The molecule has 0 saturated heterocycles. The number of benzene rings is 2. The summed E-state index contributed by atoms with van der Waals surface area (Å²) in [4.78, 5) is 0. The van der Waals surface area contributed by atoms with E-state index in [2.05, 4.69) is 36.5 Å². The molecule has 0 aliphatic rings. The number of rotatable bonds is 9. The fraction of sp³-hybridized carbons (Fsp3) is 0.300. The second-order valence-corrected chi connectivity index (χ2v) is 5.46. The van der Waals surface area contributed by atoms with Gasteiger partial charge in [-0.15, -0.1) is 0 Å². The van der Waals surface area contributed by atoms with Gasteiger partial charge >= 0.3 is 0 Å². The van der Waals surface area contributed by atoms with Crippen LogP contribution in [0.4, 0.5) is 0 Å². The zero-order valence-corrected chi connectivity index (χ0v) is 20.6. The van der Waals surface area contributed by atoms with E-state index in [1.165, 1.54) is 11.1 Å². The summed E-state index contributed by atoms with van der Waals surface area (Å²) in [5.41, 5.74) is 3.53. The predicted molar refractivity (Wildman–Crippen MR) is 93.8 cm³/mol. The molecule has 2 rings (SSSR count). The molecule has 25 heavy (non-hydrogen) atoms. The van der Waals surface area contributed by atoms with Crippen LogP contribution in [0.3, 0.4) is 0 Å². The molecule has 2 aromatic carbocycles. The van der Waals surface area contributed by atoms with Gasteiger partial charge in [0.15, 0.2) is 0 Å². The molecule has 3 nitrogen and oxygen atoms in total. The molecule has 2 N–H and O–H groups in total. The van der Waals surface area contributed by atoms with Gasteiger partial charge in [0.1, 0.15) is 5.75 Å². The van der Waals surface area contributed by atoms with Gasteiger partial charge in [-0.2, -0.15) is 6.42 Å². The fourth-order valence-corrected chi connectivity index (χ4v) is 2.32. The number of methoxy groups -OCH3 is 1. The first-order valence-corrected chi connectivity index (χ1v) is 8.04. The quantitative estimate of drug-likeness (QED) is 0.348. The molecule has 133 valence electrons. The molecule has 0 aliphatic heterocycles. The first kappa shape index (κ1) is 25.0. The van der Waals surface area contributed by atoms with E-state index in [1.54, 1.807) is 13.7 Å². The van der Waals surface area contributed by atoms with Crippen LogP contribution in [-0.2, 0) is 66.6 Å². The van der Waals surface area contributed by atoms with Crippen LogP contribution in [0.2, 0.25) is 0 Å². The topological polar surface area (TPSA) is 41.5 Å². The predicted octanol–water partition coefficient (Wildman–Crippen LogP) is 3.83. The van der Waals surface area contributed by atoms with Gasteiger partial charge in [-0.1, -0.05) is 55.3 Å². The van der Waals surface area contributed by atoms with Crippen LogP contribution in [0.1, 0.15) is 36.1 Å². The summed E-state index contributed by atoms with van der Waals surface area (Å²) in [6, 6.07) is 16.1. The van der Waals surface area contributed by atoms with E-state index in [0.29, 0.717) is 0 Å². The minimum atomic E-state index is -0.638. The molecule has 1 atom stereocenters. The summed E-state index contributed by atoms with van der Waals surface area (Å²) in [7, 11) is 1.63.